The molecule has 0 saturated carbocycles. The van der Waals surface area contributed by atoms with Crippen molar-refractivity contribution in [1.82, 2.24) is 15.2 Å². The Morgan fingerprint density at radius 1 is 1.42 bits per heavy atom. The van der Waals surface area contributed by atoms with Crippen molar-refractivity contribution >= 4 is 11.7 Å². The van der Waals surface area contributed by atoms with Crippen molar-refractivity contribution in [2.75, 3.05) is 19.0 Å². The summed E-state index contributed by atoms with van der Waals surface area (Å²) in [4.78, 5) is 20.1. The SMILES string of the molecule is C=CCON(C)C(=O)Nc1ccc(-c2noc(C(F)(F)F)n2)cc1. The largest absolute Gasteiger partial charge is 0.471 e. The lowest BCUT2D eigenvalue weighted by Crippen LogP contribution is -2.31. The van der Waals surface area contributed by atoms with Crippen LogP contribution >= 0.6 is 0 Å². The van der Waals surface area contributed by atoms with Gasteiger partial charge < -0.3 is 9.84 Å². The van der Waals surface area contributed by atoms with Gasteiger partial charge >= 0.3 is 18.1 Å². The van der Waals surface area contributed by atoms with E-state index in [0.717, 1.165) is 5.06 Å². The van der Waals surface area contributed by atoms with Gasteiger partial charge in [0.15, 0.2) is 0 Å². The molecule has 0 fully saturated rings. The summed E-state index contributed by atoms with van der Waals surface area (Å²) in [6.45, 7) is 3.63. The van der Waals surface area contributed by atoms with Crippen LogP contribution in [-0.4, -0.2) is 34.9 Å². The third-order valence-corrected chi connectivity index (χ3v) is 2.73. The number of anilines is 1. The first-order chi connectivity index (χ1) is 11.3. The molecule has 1 heterocycles. The van der Waals surface area contributed by atoms with Crippen molar-refractivity contribution in [3.8, 4) is 11.4 Å². The predicted molar refractivity (Wildman–Crippen MR) is 77.7 cm³/mol. The third-order valence-electron chi connectivity index (χ3n) is 2.73. The molecule has 2 amide bonds. The van der Waals surface area contributed by atoms with Gasteiger partial charge in [0, 0.05) is 18.3 Å². The van der Waals surface area contributed by atoms with Crippen LogP contribution in [-0.2, 0) is 11.0 Å². The molecular formula is C14H13F3N4O3. The van der Waals surface area contributed by atoms with E-state index in [1.54, 1.807) is 0 Å². The summed E-state index contributed by atoms with van der Waals surface area (Å²) < 4.78 is 41.4. The van der Waals surface area contributed by atoms with Crippen molar-refractivity contribution in [3.63, 3.8) is 0 Å². The molecule has 0 aliphatic heterocycles. The molecule has 0 aliphatic carbocycles. The number of urea groups is 1. The van der Waals surface area contributed by atoms with Gasteiger partial charge in [-0.15, -0.1) is 6.58 Å². The molecule has 7 nitrogen and oxygen atoms in total. The van der Waals surface area contributed by atoms with Crippen molar-refractivity contribution in [1.29, 1.82) is 0 Å². The number of nitrogens with zero attached hydrogens (tertiary/aromatic N) is 3. The number of benzene rings is 1. The van der Waals surface area contributed by atoms with E-state index >= 15 is 0 Å². The van der Waals surface area contributed by atoms with Crippen molar-refractivity contribution < 1.29 is 27.3 Å². The van der Waals surface area contributed by atoms with Crippen LogP contribution in [0.3, 0.4) is 0 Å². The van der Waals surface area contributed by atoms with Crippen LogP contribution in [0.5, 0.6) is 0 Å². The topological polar surface area (TPSA) is 80.5 Å². The van der Waals surface area contributed by atoms with E-state index in [9.17, 15) is 18.0 Å². The monoisotopic (exact) mass is 342 g/mol. The molecule has 10 heteroatoms. The minimum atomic E-state index is -4.70. The maximum atomic E-state index is 12.4. The van der Waals surface area contributed by atoms with E-state index < -0.39 is 18.1 Å². The number of hydroxylamine groups is 2. The summed E-state index contributed by atoms with van der Waals surface area (Å²) >= 11 is 0. The van der Waals surface area contributed by atoms with E-state index in [4.69, 9.17) is 4.84 Å². The third kappa shape index (κ3) is 4.32. The number of rotatable bonds is 5. The maximum absolute atomic E-state index is 12.4. The van der Waals surface area contributed by atoms with Crippen molar-refractivity contribution in [2.45, 2.75) is 6.18 Å². The summed E-state index contributed by atoms with van der Waals surface area (Å²) in [5.41, 5.74) is 0.723. The van der Waals surface area contributed by atoms with Gasteiger partial charge in [0.2, 0.25) is 5.82 Å². The fraction of sp³-hybridized carbons (Fsp3) is 0.214. The summed E-state index contributed by atoms with van der Waals surface area (Å²) in [6.07, 6.45) is -3.21. The average Bonchev–Trinajstić information content (AvgIpc) is 3.03. The van der Waals surface area contributed by atoms with E-state index in [0.29, 0.717) is 11.3 Å². The smallest absolute Gasteiger partial charge is 0.329 e. The van der Waals surface area contributed by atoms with E-state index in [1.807, 2.05) is 0 Å². The number of hydrogen-bond acceptors (Lipinski definition) is 5. The molecule has 0 spiro atoms. The molecule has 0 aliphatic rings. The predicted octanol–water partition coefficient (Wildman–Crippen LogP) is 3.34. The molecule has 0 radical (unpaired) electrons. The first-order valence-electron chi connectivity index (χ1n) is 6.61. The zero-order valence-corrected chi connectivity index (χ0v) is 12.5. The molecule has 1 aromatic heterocycles. The molecule has 128 valence electrons. The molecule has 0 bridgehead atoms. The minimum absolute atomic E-state index is 0.169. The number of carbonyl (C=O) groups excluding carboxylic acids is 1. The number of aromatic nitrogens is 2. The van der Waals surface area contributed by atoms with Gasteiger partial charge in [-0.25, -0.2) is 9.86 Å². The molecule has 1 aromatic carbocycles. The van der Waals surface area contributed by atoms with Gasteiger partial charge in [0.25, 0.3) is 0 Å². The van der Waals surface area contributed by atoms with Crippen LogP contribution < -0.4 is 5.32 Å². The number of amides is 2. The fourth-order valence-electron chi connectivity index (χ4n) is 1.58. The first-order valence-corrected chi connectivity index (χ1v) is 6.61. The highest BCUT2D eigenvalue weighted by Crippen LogP contribution is 2.29. The Morgan fingerprint density at radius 2 is 2.08 bits per heavy atom. The summed E-state index contributed by atoms with van der Waals surface area (Å²) in [6, 6.07) is 5.34. The van der Waals surface area contributed by atoms with E-state index in [2.05, 4.69) is 26.6 Å². The zero-order chi connectivity index (χ0) is 17.7. The Morgan fingerprint density at radius 3 is 2.62 bits per heavy atom. The van der Waals surface area contributed by atoms with Gasteiger partial charge in [0.05, 0.1) is 6.61 Å². The number of nitrogens with one attached hydrogen (secondary N) is 1. The Kier molecular flexibility index (Phi) is 5.19. The van der Waals surface area contributed by atoms with Crippen LogP contribution in [0.2, 0.25) is 0 Å². The van der Waals surface area contributed by atoms with Gasteiger partial charge in [0.1, 0.15) is 0 Å². The van der Waals surface area contributed by atoms with E-state index in [-0.39, 0.29) is 12.4 Å². The number of hydrogen-bond donors (Lipinski definition) is 1. The van der Waals surface area contributed by atoms with Gasteiger partial charge in [-0.2, -0.15) is 18.2 Å². The molecule has 24 heavy (non-hydrogen) atoms. The Bertz CT molecular complexity index is 713. The molecule has 1 N–H and O–H groups in total. The van der Waals surface area contributed by atoms with Crippen LogP contribution in [0.1, 0.15) is 5.89 Å². The highest BCUT2D eigenvalue weighted by molar-refractivity contribution is 5.88. The quantitative estimate of drug-likeness (QED) is 0.666. The summed E-state index contributed by atoms with van der Waals surface area (Å²) in [7, 11) is 1.42. The highest BCUT2D eigenvalue weighted by Gasteiger charge is 2.38. The molecule has 0 saturated heterocycles. The lowest BCUT2D eigenvalue weighted by Gasteiger charge is -2.16. The standard InChI is InChI=1S/C14H13F3N4O3/c1-3-8-23-21(2)13(22)18-10-6-4-9(5-7-10)11-19-12(24-20-11)14(15,16)17/h3-7H,1,8H2,2H3,(H,18,22). The molecule has 0 atom stereocenters. The number of alkyl halides is 3. The zero-order valence-electron chi connectivity index (χ0n) is 12.5. The average molecular weight is 342 g/mol. The minimum Gasteiger partial charge on any atom is -0.329 e. The second-order valence-corrected chi connectivity index (χ2v) is 4.51. The van der Waals surface area contributed by atoms with Crippen LogP contribution in [0, 0.1) is 0 Å². The Balaban J connectivity index is 2.04. The lowest BCUT2D eigenvalue weighted by molar-refractivity contribution is -0.159. The normalized spacial score (nSPS) is 11.2. The number of carbonyl (C=O) groups is 1. The van der Waals surface area contributed by atoms with Crippen molar-refractivity contribution in [3.05, 3.63) is 42.8 Å². The fourth-order valence-corrected chi connectivity index (χ4v) is 1.58. The Labute approximate surface area is 134 Å². The van der Waals surface area contributed by atoms with Gasteiger partial charge in [-0.3, -0.25) is 4.84 Å². The van der Waals surface area contributed by atoms with Crippen LogP contribution in [0.15, 0.2) is 41.4 Å². The number of halogens is 3. The molecule has 2 rings (SSSR count). The second kappa shape index (κ2) is 7.13. The molecule has 0 unspecified atom stereocenters. The Hall–Kier alpha value is -2.88. The van der Waals surface area contributed by atoms with Crippen LogP contribution in [0.4, 0.5) is 23.7 Å². The van der Waals surface area contributed by atoms with E-state index in [1.165, 1.54) is 37.4 Å². The van der Waals surface area contributed by atoms with Crippen molar-refractivity contribution in [2.24, 2.45) is 0 Å². The molecular weight excluding hydrogens is 329 g/mol. The van der Waals surface area contributed by atoms with Crippen LogP contribution in [0.25, 0.3) is 11.4 Å². The molecule has 2 aromatic rings. The van der Waals surface area contributed by atoms with Gasteiger partial charge in [-0.1, -0.05) is 11.2 Å². The summed E-state index contributed by atoms with van der Waals surface area (Å²) in [5.74, 6) is -1.62. The summed E-state index contributed by atoms with van der Waals surface area (Å²) in [5, 5.41) is 6.81. The lowest BCUT2D eigenvalue weighted by atomic mass is 10.2. The first kappa shape index (κ1) is 17.5. The maximum Gasteiger partial charge on any atom is 0.471 e. The second-order valence-electron chi connectivity index (χ2n) is 4.51. The van der Waals surface area contributed by atoms with Gasteiger partial charge in [-0.05, 0) is 24.3 Å². The highest BCUT2D eigenvalue weighted by atomic mass is 19.4.